The Hall–Kier alpha value is -4.67. The van der Waals surface area contributed by atoms with Crippen molar-refractivity contribution in [3.63, 3.8) is 0 Å². The molecule has 1 aromatic heterocycles. The van der Waals surface area contributed by atoms with E-state index in [1.165, 1.54) is 10.7 Å². The van der Waals surface area contributed by atoms with Crippen LogP contribution in [0.25, 0.3) is 11.1 Å². The van der Waals surface area contributed by atoms with Gasteiger partial charge in [-0.25, -0.2) is 14.3 Å². The van der Waals surface area contributed by atoms with Gasteiger partial charge in [-0.2, -0.15) is 5.10 Å². The molecular weight excluding hydrogens is 587 g/mol. The zero-order valence-corrected chi connectivity index (χ0v) is 25.6. The van der Waals surface area contributed by atoms with E-state index in [1.807, 2.05) is 52.0 Å². The molecule has 45 heavy (non-hydrogen) atoms. The number of carboxylic acid groups (broad SMARTS) is 1. The molecule has 0 saturated heterocycles. The van der Waals surface area contributed by atoms with Crippen molar-refractivity contribution in [3.05, 3.63) is 105 Å². The molecule has 0 aliphatic carbocycles. The van der Waals surface area contributed by atoms with Crippen molar-refractivity contribution in [1.29, 1.82) is 0 Å². The molecule has 1 heterocycles. The molecule has 0 radical (unpaired) electrons. The first-order chi connectivity index (χ1) is 21.1. The lowest BCUT2D eigenvalue weighted by Gasteiger charge is -2.16. The summed E-state index contributed by atoms with van der Waals surface area (Å²) in [6, 6.07) is 18.1. The first-order valence-corrected chi connectivity index (χ1v) is 14.6. The van der Waals surface area contributed by atoms with Crippen molar-refractivity contribution in [3.8, 4) is 16.9 Å². The predicted molar refractivity (Wildman–Crippen MR) is 164 cm³/mol. The van der Waals surface area contributed by atoms with Crippen molar-refractivity contribution < 1.29 is 32.6 Å². The maximum atomic E-state index is 13.0. The lowest BCUT2D eigenvalue weighted by Crippen LogP contribution is -2.25. The van der Waals surface area contributed by atoms with Crippen LogP contribution >= 0.6 is 0 Å². The Morgan fingerprint density at radius 2 is 1.51 bits per heavy atom. The highest BCUT2D eigenvalue weighted by Crippen LogP contribution is 2.31. The SMILES string of the molecule is CCn1c(CCCc2ccc(-c3ccc(OC(F)(F)F)c(C(=O)O)c3)cc2)nn(Cc2ccc(C(=O)CC(C)(C)C)cc2)c1=O. The number of aromatic carboxylic acids is 1. The number of ether oxygens (including phenoxy) is 1. The van der Waals surface area contributed by atoms with Gasteiger partial charge in [0.25, 0.3) is 0 Å². The molecule has 238 valence electrons. The number of halogens is 3. The van der Waals surface area contributed by atoms with E-state index in [0.717, 1.165) is 23.3 Å². The Morgan fingerprint density at radius 1 is 0.889 bits per heavy atom. The summed E-state index contributed by atoms with van der Waals surface area (Å²) in [6.07, 6.45) is -2.58. The fraction of sp³-hybridized carbons (Fsp3) is 0.353. The quantitative estimate of drug-likeness (QED) is 0.168. The van der Waals surface area contributed by atoms with Gasteiger partial charge in [-0.3, -0.25) is 9.36 Å². The van der Waals surface area contributed by atoms with Crippen LogP contribution in [0.4, 0.5) is 13.2 Å². The summed E-state index contributed by atoms with van der Waals surface area (Å²) in [7, 11) is 0. The molecule has 3 aromatic carbocycles. The van der Waals surface area contributed by atoms with E-state index in [-0.39, 0.29) is 16.9 Å². The molecule has 0 bridgehead atoms. The van der Waals surface area contributed by atoms with Gasteiger partial charge in [0, 0.05) is 24.9 Å². The maximum Gasteiger partial charge on any atom is 0.573 e. The summed E-state index contributed by atoms with van der Waals surface area (Å²) in [4.78, 5) is 37.1. The van der Waals surface area contributed by atoms with E-state index in [4.69, 9.17) is 0 Å². The van der Waals surface area contributed by atoms with Crippen LogP contribution in [0.2, 0.25) is 0 Å². The zero-order chi connectivity index (χ0) is 32.9. The van der Waals surface area contributed by atoms with Crippen LogP contribution in [-0.2, 0) is 25.9 Å². The van der Waals surface area contributed by atoms with Gasteiger partial charge in [-0.1, -0.05) is 75.4 Å². The summed E-state index contributed by atoms with van der Waals surface area (Å²) in [5.74, 6) is -1.54. The second-order valence-corrected chi connectivity index (χ2v) is 12.1. The number of alkyl halides is 3. The third-order valence-electron chi connectivity index (χ3n) is 7.20. The number of carbonyl (C=O) groups is 2. The van der Waals surface area contributed by atoms with Crippen LogP contribution < -0.4 is 10.4 Å². The Balaban J connectivity index is 1.39. The van der Waals surface area contributed by atoms with Crippen LogP contribution in [0.5, 0.6) is 5.75 Å². The average Bonchev–Trinajstić information content (AvgIpc) is 3.25. The van der Waals surface area contributed by atoms with E-state index < -0.39 is 23.6 Å². The van der Waals surface area contributed by atoms with E-state index in [0.29, 0.717) is 61.3 Å². The van der Waals surface area contributed by atoms with Crippen molar-refractivity contribution in [1.82, 2.24) is 14.3 Å². The molecule has 0 saturated carbocycles. The number of carbonyl (C=O) groups excluding carboxylic acids is 1. The summed E-state index contributed by atoms with van der Waals surface area (Å²) < 4.78 is 44.9. The molecule has 0 aliphatic heterocycles. The Kier molecular flexibility index (Phi) is 10.00. The standard InChI is InChI=1S/C34H36F3N3O5/c1-5-39-30(38-40(32(39)44)21-23-11-15-25(16-12-23)28(41)20-33(2,3)4)8-6-7-22-9-13-24(14-10-22)26-17-18-29(45-34(35,36)37)27(19-26)31(42)43/h9-19H,5-8,20-21H2,1-4H3,(H,42,43). The number of hydrogen-bond donors (Lipinski definition) is 1. The molecule has 0 fully saturated rings. The zero-order valence-electron chi connectivity index (χ0n) is 25.6. The molecule has 1 N–H and O–H groups in total. The number of rotatable bonds is 12. The van der Waals surface area contributed by atoms with Crippen molar-refractivity contribution in [2.24, 2.45) is 5.41 Å². The van der Waals surface area contributed by atoms with E-state index in [9.17, 15) is 32.7 Å². The van der Waals surface area contributed by atoms with Crippen LogP contribution in [0.1, 0.15) is 78.2 Å². The molecule has 0 atom stereocenters. The highest BCUT2D eigenvalue weighted by atomic mass is 19.4. The smallest absolute Gasteiger partial charge is 0.478 e. The molecule has 0 spiro atoms. The van der Waals surface area contributed by atoms with Gasteiger partial charge in [-0.15, -0.1) is 13.2 Å². The molecule has 4 rings (SSSR count). The van der Waals surface area contributed by atoms with E-state index >= 15 is 0 Å². The number of benzene rings is 3. The highest BCUT2D eigenvalue weighted by Gasteiger charge is 2.33. The molecule has 0 aliphatic rings. The average molecular weight is 624 g/mol. The number of aromatic nitrogens is 3. The lowest BCUT2D eigenvalue weighted by atomic mass is 9.88. The van der Waals surface area contributed by atoms with Gasteiger partial charge in [0.15, 0.2) is 5.78 Å². The van der Waals surface area contributed by atoms with Crippen LogP contribution in [0, 0.1) is 5.41 Å². The number of nitrogens with zero attached hydrogens (tertiary/aromatic N) is 3. The number of carboxylic acids is 1. The van der Waals surface area contributed by atoms with Gasteiger partial charge < -0.3 is 9.84 Å². The molecule has 0 amide bonds. The summed E-state index contributed by atoms with van der Waals surface area (Å²) in [5.41, 5.74) is 2.72. The largest absolute Gasteiger partial charge is 0.573 e. The third-order valence-corrected chi connectivity index (χ3v) is 7.20. The van der Waals surface area contributed by atoms with Crippen LogP contribution in [0.3, 0.4) is 0 Å². The number of Topliss-reactive ketones (excluding diaryl/α,β-unsaturated/α-hetero) is 1. The normalized spacial score (nSPS) is 11.9. The minimum Gasteiger partial charge on any atom is -0.478 e. The number of ketones is 1. The summed E-state index contributed by atoms with van der Waals surface area (Å²) >= 11 is 0. The van der Waals surface area contributed by atoms with Gasteiger partial charge in [-0.05, 0) is 59.6 Å². The predicted octanol–water partition coefficient (Wildman–Crippen LogP) is 7.17. The molecule has 8 nitrogen and oxygen atoms in total. The molecule has 4 aromatic rings. The highest BCUT2D eigenvalue weighted by molar-refractivity contribution is 5.96. The van der Waals surface area contributed by atoms with Crippen LogP contribution in [0.15, 0.2) is 71.5 Å². The van der Waals surface area contributed by atoms with Gasteiger partial charge in [0.05, 0.1) is 6.54 Å². The first kappa shape index (κ1) is 33.2. The molecule has 11 heteroatoms. The van der Waals surface area contributed by atoms with Gasteiger partial charge in [0.1, 0.15) is 17.1 Å². The van der Waals surface area contributed by atoms with Crippen molar-refractivity contribution in [2.45, 2.75) is 72.8 Å². The fourth-order valence-corrected chi connectivity index (χ4v) is 5.05. The molecular formula is C34H36F3N3O5. The topological polar surface area (TPSA) is 103 Å². The first-order valence-electron chi connectivity index (χ1n) is 14.6. The van der Waals surface area contributed by atoms with E-state index in [2.05, 4.69) is 9.84 Å². The fourth-order valence-electron chi connectivity index (χ4n) is 5.05. The maximum absolute atomic E-state index is 13.0. The minimum atomic E-state index is -5.00. The minimum absolute atomic E-state index is 0.0827. The second kappa shape index (κ2) is 13.5. The van der Waals surface area contributed by atoms with Crippen molar-refractivity contribution >= 4 is 11.8 Å². The summed E-state index contributed by atoms with van der Waals surface area (Å²) in [5, 5.41) is 14.0. The number of aryl methyl sites for hydroxylation is 2. The van der Waals surface area contributed by atoms with E-state index in [1.54, 1.807) is 28.8 Å². The Labute approximate surface area is 259 Å². The second-order valence-electron chi connectivity index (χ2n) is 12.1. The Bertz CT molecular complexity index is 1710. The number of hydrogen-bond acceptors (Lipinski definition) is 5. The third kappa shape index (κ3) is 8.93. The molecule has 0 unspecified atom stereocenters. The lowest BCUT2D eigenvalue weighted by molar-refractivity contribution is -0.274. The van der Waals surface area contributed by atoms with Gasteiger partial charge >= 0.3 is 18.0 Å². The van der Waals surface area contributed by atoms with Crippen LogP contribution in [-0.4, -0.2) is 37.6 Å². The Morgan fingerprint density at radius 3 is 2.09 bits per heavy atom. The van der Waals surface area contributed by atoms with Gasteiger partial charge in [0.2, 0.25) is 0 Å². The van der Waals surface area contributed by atoms with Crippen molar-refractivity contribution in [2.75, 3.05) is 0 Å². The summed E-state index contributed by atoms with van der Waals surface area (Å²) in [6.45, 7) is 8.73. The monoisotopic (exact) mass is 623 g/mol.